The third-order valence-electron chi connectivity index (χ3n) is 5.54. The van der Waals surface area contributed by atoms with Gasteiger partial charge in [0.1, 0.15) is 11.5 Å². The standard InChI is InChI=1S/C24H28N4O4/c1-17-25-16-23(32-17)21-9-8-19(15-22(21)31-3)27-10-5-11-28(13-12-27)24(29)26-18-6-4-7-20(14-18)30-2/h4,6-9,14-16H,5,10-13H2,1-3H3,(H,26,29). The Morgan fingerprint density at radius 3 is 2.69 bits per heavy atom. The van der Waals surface area contributed by atoms with Crippen LogP contribution in [0.5, 0.6) is 11.5 Å². The summed E-state index contributed by atoms with van der Waals surface area (Å²) < 4.78 is 16.5. The molecule has 1 aromatic heterocycles. The van der Waals surface area contributed by atoms with E-state index in [1.165, 1.54) is 0 Å². The summed E-state index contributed by atoms with van der Waals surface area (Å²) in [6.07, 6.45) is 2.58. The van der Waals surface area contributed by atoms with Crippen LogP contribution in [-0.4, -0.2) is 56.3 Å². The lowest BCUT2D eigenvalue weighted by Gasteiger charge is -2.24. The molecule has 1 fully saturated rings. The molecule has 0 bridgehead atoms. The van der Waals surface area contributed by atoms with Gasteiger partial charge in [-0.1, -0.05) is 6.07 Å². The van der Waals surface area contributed by atoms with Crippen molar-refractivity contribution in [1.29, 1.82) is 0 Å². The van der Waals surface area contributed by atoms with E-state index in [2.05, 4.69) is 21.3 Å². The first-order chi connectivity index (χ1) is 15.6. The number of urea groups is 1. The number of carbonyl (C=O) groups excluding carboxylic acids is 1. The van der Waals surface area contributed by atoms with Gasteiger partial charge in [0.2, 0.25) is 0 Å². The van der Waals surface area contributed by atoms with Crippen LogP contribution in [0.2, 0.25) is 0 Å². The van der Waals surface area contributed by atoms with Crippen molar-refractivity contribution in [3.63, 3.8) is 0 Å². The van der Waals surface area contributed by atoms with Crippen LogP contribution >= 0.6 is 0 Å². The first-order valence-corrected chi connectivity index (χ1v) is 10.6. The van der Waals surface area contributed by atoms with Gasteiger partial charge in [-0.15, -0.1) is 0 Å². The van der Waals surface area contributed by atoms with E-state index in [0.29, 0.717) is 30.5 Å². The lowest BCUT2D eigenvalue weighted by Crippen LogP contribution is -2.38. The van der Waals surface area contributed by atoms with E-state index in [9.17, 15) is 4.79 Å². The van der Waals surface area contributed by atoms with Crippen LogP contribution in [0, 0.1) is 6.92 Å². The van der Waals surface area contributed by atoms with Gasteiger partial charge >= 0.3 is 6.03 Å². The summed E-state index contributed by atoms with van der Waals surface area (Å²) in [7, 11) is 3.26. The molecular weight excluding hydrogens is 408 g/mol. The van der Waals surface area contributed by atoms with Gasteiger partial charge in [0.25, 0.3) is 0 Å². The number of benzene rings is 2. The average molecular weight is 437 g/mol. The topological polar surface area (TPSA) is 80.1 Å². The third-order valence-corrected chi connectivity index (χ3v) is 5.54. The number of aromatic nitrogens is 1. The van der Waals surface area contributed by atoms with E-state index < -0.39 is 0 Å². The molecule has 1 aliphatic rings. The van der Waals surface area contributed by atoms with Crippen molar-refractivity contribution in [3.05, 3.63) is 54.6 Å². The third kappa shape index (κ3) is 4.80. The second-order valence-corrected chi connectivity index (χ2v) is 7.62. The van der Waals surface area contributed by atoms with E-state index in [4.69, 9.17) is 13.9 Å². The van der Waals surface area contributed by atoms with Crippen molar-refractivity contribution in [2.75, 3.05) is 50.6 Å². The predicted octanol–water partition coefficient (Wildman–Crippen LogP) is 4.41. The highest BCUT2D eigenvalue weighted by atomic mass is 16.5. The Kier molecular flexibility index (Phi) is 6.49. The fourth-order valence-electron chi connectivity index (χ4n) is 3.85. The van der Waals surface area contributed by atoms with Crippen molar-refractivity contribution in [2.24, 2.45) is 0 Å². The van der Waals surface area contributed by atoms with Crippen LogP contribution in [0.15, 0.2) is 53.1 Å². The second kappa shape index (κ2) is 9.64. The molecule has 0 spiro atoms. The van der Waals surface area contributed by atoms with Crippen LogP contribution in [0.25, 0.3) is 11.3 Å². The Morgan fingerprint density at radius 1 is 1.06 bits per heavy atom. The zero-order valence-electron chi connectivity index (χ0n) is 18.6. The monoisotopic (exact) mass is 436 g/mol. The number of amides is 2. The normalized spacial score (nSPS) is 14.1. The van der Waals surface area contributed by atoms with Gasteiger partial charge in [0, 0.05) is 56.6 Å². The maximum atomic E-state index is 12.8. The summed E-state index contributed by atoms with van der Waals surface area (Å²) in [5, 5.41) is 2.97. The van der Waals surface area contributed by atoms with Crippen LogP contribution in [0.4, 0.5) is 16.2 Å². The highest BCUT2D eigenvalue weighted by molar-refractivity contribution is 5.89. The number of nitrogens with one attached hydrogen (secondary N) is 1. The molecule has 2 aromatic carbocycles. The zero-order valence-corrected chi connectivity index (χ0v) is 18.6. The summed E-state index contributed by atoms with van der Waals surface area (Å²) in [5.41, 5.74) is 2.64. The van der Waals surface area contributed by atoms with E-state index in [-0.39, 0.29) is 6.03 Å². The minimum absolute atomic E-state index is 0.103. The van der Waals surface area contributed by atoms with Crippen molar-refractivity contribution < 1.29 is 18.7 Å². The number of rotatable bonds is 5. The van der Waals surface area contributed by atoms with Crippen molar-refractivity contribution in [1.82, 2.24) is 9.88 Å². The fourth-order valence-corrected chi connectivity index (χ4v) is 3.85. The maximum absolute atomic E-state index is 12.8. The SMILES string of the molecule is COc1cccc(NC(=O)N2CCCN(c3ccc(-c4cnc(C)o4)c(OC)c3)CC2)c1. The molecule has 8 nitrogen and oxygen atoms in total. The minimum atomic E-state index is -0.103. The summed E-state index contributed by atoms with van der Waals surface area (Å²) >= 11 is 0. The van der Waals surface area contributed by atoms with E-state index in [1.807, 2.05) is 48.2 Å². The van der Waals surface area contributed by atoms with Crippen LogP contribution in [0.1, 0.15) is 12.3 Å². The average Bonchev–Trinajstić information content (AvgIpc) is 3.09. The van der Waals surface area contributed by atoms with Gasteiger partial charge in [-0.3, -0.25) is 0 Å². The molecule has 1 saturated heterocycles. The zero-order chi connectivity index (χ0) is 22.5. The number of hydrogen-bond acceptors (Lipinski definition) is 6. The summed E-state index contributed by atoms with van der Waals surface area (Å²) in [4.78, 5) is 21.1. The van der Waals surface area contributed by atoms with Crippen molar-refractivity contribution in [2.45, 2.75) is 13.3 Å². The molecule has 2 heterocycles. The molecule has 32 heavy (non-hydrogen) atoms. The highest BCUT2D eigenvalue weighted by Gasteiger charge is 2.21. The van der Waals surface area contributed by atoms with Gasteiger partial charge < -0.3 is 29.0 Å². The minimum Gasteiger partial charge on any atom is -0.497 e. The lowest BCUT2D eigenvalue weighted by molar-refractivity contribution is 0.215. The molecule has 1 N–H and O–H groups in total. The maximum Gasteiger partial charge on any atom is 0.321 e. The smallest absolute Gasteiger partial charge is 0.321 e. The van der Waals surface area contributed by atoms with Gasteiger partial charge in [0.05, 0.1) is 26.0 Å². The molecule has 2 amide bonds. The molecule has 0 saturated carbocycles. The predicted molar refractivity (Wildman–Crippen MR) is 124 cm³/mol. The van der Waals surface area contributed by atoms with Crippen molar-refractivity contribution in [3.8, 4) is 22.8 Å². The first-order valence-electron chi connectivity index (χ1n) is 10.6. The number of carbonyl (C=O) groups is 1. The van der Waals surface area contributed by atoms with Gasteiger partial charge in [-0.05, 0) is 30.7 Å². The molecule has 0 atom stereocenters. The summed E-state index contributed by atoms with van der Waals surface area (Å²) in [5.74, 6) is 2.74. The quantitative estimate of drug-likeness (QED) is 0.638. The second-order valence-electron chi connectivity index (χ2n) is 7.62. The molecular formula is C24H28N4O4. The summed E-state index contributed by atoms with van der Waals surface area (Å²) in [6.45, 7) is 4.72. The largest absolute Gasteiger partial charge is 0.497 e. The Balaban J connectivity index is 1.43. The summed E-state index contributed by atoms with van der Waals surface area (Å²) in [6, 6.07) is 13.3. The first kappa shape index (κ1) is 21.5. The molecule has 3 aromatic rings. The highest BCUT2D eigenvalue weighted by Crippen LogP contribution is 2.34. The number of anilines is 2. The van der Waals surface area contributed by atoms with Gasteiger partial charge in [-0.2, -0.15) is 0 Å². The van der Waals surface area contributed by atoms with E-state index in [1.54, 1.807) is 20.4 Å². The molecule has 0 unspecified atom stereocenters. The molecule has 8 heteroatoms. The molecule has 1 aliphatic heterocycles. The van der Waals surface area contributed by atoms with E-state index >= 15 is 0 Å². The number of ether oxygens (including phenoxy) is 2. The number of oxazole rings is 1. The molecule has 0 radical (unpaired) electrons. The lowest BCUT2D eigenvalue weighted by atomic mass is 10.1. The van der Waals surface area contributed by atoms with Crippen LogP contribution in [-0.2, 0) is 0 Å². The number of hydrogen-bond donors (Lipinski definition) is 1. The van der Waals surface area contributed by atoms with Crippen LogP contribution in [0.3, 0.4) is 0 Å². The Bertz CT molecular complexity index is 1080. The van der Waals surface area contributed by atoms with Gasteiger partial charge in [0.15, 0.2) is 11.7 Å². The Morgan fingerprint density at radius 2 is 1.94 bits per heavy atom. The Labute approximate surface area is 187 Å². The number of aryl methyl sites for hydroxylation is 1. The molecule has 0 aliphatic carbocycles. The fraction of sp³-hybridized carbons (Fsp3) is 0.333. The number of nitrogens with zero attached hydrogens (tertiary/aromatic N) is 3. The van der Waals surface area contributed by atoms with Gasteiger partial charge in [-0.25, -0.2) is 9.78 Å². The Hall–Kier alpha value is -3.68. The van der Waals surface area contributed by atoms with Crippen molar-refractivity contribution >= 4 is 17.4 Å². The van der Waals surface area contributed by atoms with E-state index in [0.717, 1.165) is 42.2 Å². The van der Waals surface area contributed by atoms with Crippen LogP contribution < -0.4 is 19.7 Å². The number of methoxy groups -OCH3 is 2. The molecule has 4 rings (SSSR count). The molecule has 168 valence electrons.